The van der Waals surface area contributed by atoms with E-state index in [4.69, 9.17) is 0 Å². The van der Waals surface area contributed by atoms with Crippen LogP contribution in [-0.4, -0.2) is 4.98 Å². The van der Waals surface area contributed by atoms with Crippen molar-refractivity contribution in [2.24, 2.45) is 0 Å². The van der Waals surface area contributed by atoms with Gasteiger partial charge in [0.2, 0.25) is 0 Å². The molecule has 0 spiro atoms. The Hall–Kier alpha value is -3.62. The van der Waals surface area contributed by atoms with Gasteiger partial charge in [-0.1, -0.05) is 101 Å². The van der Waals surface area contributed by atoms with Crippen molar-refractivity contribution in [2.75, 3.05) is 0 Å². The summed E-state index contributed by atoms with van der Waals surface area (Å²) in [5.41, 5.74) is 9.87. The summed E-state index contributed by atoms with van der Waals surface area (Å²) in [7, 11) is 0. The monoisotopic (exact) mass is 485 g/mol. The van der Waals surface area contributed by atoms with Crippen LogP contribution in [0.4, 0.5) is 0 Å². The molecule has 0 fully saturated rings. The smallest absolute Gasteiger partial charge is 0.0713 e. The Balaban J connectivity index is 1.64. The van der Waals surface area contributed by atoms with Gasteiger partial charge in [-0.3, -0.25) is 0 Å². The fraction of sp³-hybridized carbons (Fsp3) is 0.0323. The largest absolute Gasteiger partial charge is 0.355 e. The average molecular weight is 486 g/mol. The predicted molar refractivity (Wildman–Crippen MR) is 141 cm³/mol. The van der Waals surface area contributed by atoms with Gasteiger partial charge in [-0.2, -0.15) is 0 Å². The number of nitrogens with one attached hydrogen (secondary N) is 1. The topological polar surface area (TPSA) is 15.8 Å². The van der Waals surface area contributed by atoms with Crippen LogP contribution in [0.25, 0.3) is 32.9 Å². The molecule has 1 heterocycles. The highest BCUT2D eigenvalue weighted by Crippen LogP contribution is 2.56. The molecule has 0 atom stereocenters. The van der Waals surface area contributed by atoms with Crippen molar-refractivity contribution >= 4 is 37.7 Å². The van der Waals surface area contributed by atoms with Gasteiger partial charge in [-0.05, 0) is 63.7 Å². The van der Waals surface area contributed by atoms with Crippen LogP contribution in [-0.2, 0) is 5.41 Å². The lowest BCUT2D eigenvalue weighted by Crippen LogP contribution is -2.28. The highest BCUT2D eigenvalue weighted by molar-refractivity contribution is 9.10. The molecule has 0 amide bonds. The second-order valence-electron chi connectivity index (χ2n) is 8.78. The SMILES string of the molecule is Brc1ccc2[nH]c3ccc(C4(c5ccccc5)c5ccccc5-c5ccccc54)cc3c2c1. The second kappa shape index (κ2) is 6.94. The third-order valence-electron chi connectivity index (χ3n) is 7.15. The minimum absolute atomic E-state index is 0.363. The summed E-state index contributed by atoms with van der Waals surface area (Å²) in [6, 6.07) is 42.1. The molecule has 1 aliphatic rings. The van der Waals surface area contributed by atoms with Crippen LogP contribution in [0.2, 0.25) is 0 Å². The third kappa shape index (κ3) is 2.53. The zero-order chi connectivity index (χ0) is 22.0. The minimum Gasteiger partial charge on any atom is -0.355 e. The molecule has 0 radical (unpaired) electrons. The molecule has 0 unspecified atom stereocenters. The fourth-order valence-corrected chi connectivity index (χ4v) is 6.18. The summed E-state index contributed by atoms with van der Waals surface area (Å²) in [5, 5.41) is 2.49. The summed E-state index contributed by atoms with van der Waals surface area (Å²) < 4.78 is 1.09. The van der Waals surface area contributed by atoms with Crippen molar-refractivity contribution < 1.29 is 0 Å². The summed E-state index contributed by atoms with van der Waals surface area (Å²) in [6.07, 6.45) is 0. The van der Waals surface area contributed by atoms with Gasteiger partial charge in [0.1, 0.15) is 0 Å². The first kappa shape index (κ1) is 18.9. The normalized spacial score (nSPS) is 13.8. The molecule has 1 aliphatic carbocycles. The quantitative estimate of drug-likeness (QED) is 0.252. The van der Waals surface area contributed by atoms with Gasteiger partial charge in [0.25, 0.3) is 0 Å². The number of aromatic nitrogens is 1. The van der Waals surface area contributed by atoms with E-state index in [0.29, 0.717) is 0 Å². The third-order valence-corrected chi connectivity index (χ3v) is 7.65. The number of halogens is 1. The number of hydrogen-bond acceptors (Lipinski definition) is 0. The van der Waals surface area contributed by atoms with E-state index in [-0.39, 0.29) is 5.41 Å². The van der Waals surface area contributed by atoms with Crippen LogP contribution >= 0.6 is 15.9 Å². The second-order valence-corrected chi connectivity index (χ2v) is 9.70. The van der Waals surface area contributed by atoms with Gasteiger partial charge in [-0.15, -0.1) is 0 Å². The van der Waals surface area contributed by atoms with E-state index >= 15 is 0 Å². The Morgan fingerprint density at radius 2 is 1.09 bits per heavy atom. The molecule has 1 aromatic heterocycles. The lowest BCUT2D eigenvalue weighted by Gasteiger charge is -2.34. The maximum absolute atomic E-state index is 3.66. The van der Waals surface area contributed by atoms with Crippen LogP contribution in [0.1, 0.15) is 22.3 Å². The Bertz CT molecular complexity index is 1630. The van der Waals surface area contributed by atoms with Gasteiger partial charge >= 0.3 is 0 Å². The first-order valence-electron chi connectivity index (χ1n) is 11.2. The maximum Gasteiger partial charge on any atom is 0.0713 e. The average Bonchev–Trinajstić information content (AvgIpc) is 3.38. The molecule has 7 rings (SSSR count). The Labute approximate surface area is 200 Å². The molecule has 0 aliphatic heterocycles. The zero-order valence-electron chi connectivity index (χ0n) is 17.8. The molecule has 1 nitrogen and oxygen atoms in total. The summed E-state index contributed by atoms with van der Waals surface area (Å²) in [5.74, 6) is 0. The number of benzene rings is 5. The van der Waals surface area contributed by atoms with Crippen LogP contribution < -0.4 is 0 Å². The lowest BCUT2D eigenvalue weighted by atomic mass is 9.67. The van der Waals surface area contributed by atoms with E-state index in [2.05, 4.69) is 136 Å². The first-order chi connectivity index (χ1) is 16.3. The molecule has 0 saturated carbocycles. The Kier molecular flexibility index (Phi) is 3.97. The van der Waals surface area contributed by atoms with Crippen LogP contribution in [0, 0.1) is 0 Å². The van der Waals surface area contributed by atoms with Crippen molar-refractivity contribution in [3.8, 4) is 11.1 Å². The Morgan fingerprint density at radius 1 is 0.515 bits per heavy atom. The van der Waals surface area contributed by atoms with Crippen LogP contribution in [0.15, 0.2) is 120 Å². The van der Waals surface area contributed by atoms with E-state index in [1.54, 1.807) is 0 Å². The molecule has 6 aromatic rings. The van der Waals surface area contributed by atoms with Crippen molar-refractivity contribution in [1.82, 2.24) is 4.98 Å². The summed E-state index contributed by atoms with van der Waals surface area (Å²) in [6.45, 7) is 0. The Morgan fingerprint density at radius 3 is 1.79 bits per heavy atom. The van der Waals surface area contributed by atoms with E-state index in [0.717, 1.165) is 15.5 Å². The molecule has 1 N–H and O–H groups in total. The number of fused-ring (bicyclic) bond motifs is 6. The summed E-state index contributed by atoms with van der Waals surface area (Å²) in [4.78, 5) is 3.59. The molecule has 5 aromatic carbocycles. The van der Waals surface area contributed by atoms with Crippen molar-refractivity contribution in [3.05, 3.63) is 142 Å². The summed E-state index contributed by atoms with van der Waals surface area (Å²) >= 11 is 3.66. The molecule has 2 heteroatoms. The van der Waals surface area contributed by atoms with E-state index < -0.39 is 0 Å². The van der Waals surface area contributed by atoms with Gasteiger partial charge in [0.05, 0.1) is 5.41 Å². The zero-order valence-corrected chi connectivity index (χ0v) is 19.4. The fourth-order valence-electron chi connectivity index (χ4n) is 5.81. The van der Waals surface area contributed by atoms with Crippen molar-refractivity contribution in [3.63, 3.8) is 0 Å². The highest BCUT2D eigenvalue weighted by Gasteiger charge is 2.45. The van der Waals surface area contributed by atoms with Crippen molar-refractivity contribution in [1.29, 1.82) is 0 Å². The number of aromatic amines is 1. The number of rotatable bonds is 2. The molecule has 156 valence electrons. The van der Waals surface area contributed by atoms with Gasteiger partial charge in [-0.25, -0.2) is 0 Å². The van der Waals surface area contributed by atoms with E-state index in [9.17, 15) is 0 Å². The van der Waals surface area contributed by atoms with Gasteiger partial charge in [0, 0.05) is 26.3 Å². The number of H-pyrrole nitrogens is 1. The predicted octanol–water partition coefficient (Wildman–Crippen LogP) is 8.45. The highest BCUT2D eigenvalue weighted by atomic mass is 79.9. The minimum atomic E-state index is -0.363. The first-order valence-corrected chi connectivity index (χ1v) is 12.0. The van der Waals surface area contributed by atoms with Gasteiger partial charge < -0.3 is 4.98 Å². The molecule has 33 heavy (non-hydrogen) atoms. The maximum atomic E-state index is 3.66. The molecule has 0 bridgehead atoms. The van der Waals surface area contributed by atoms with E-state index in [1.165, 1.54) is 44.2 Å². The van der Waals surface area contributed by atoms with Crippen molar-refractivity contribution in [2.45, 2.75) is 5.41 Å². The van der Waals surface area contributed by atoms with Gasteiger partial charge in [0.15, 0.2) is 0 Å². The molecular weight excluding hydrogens is 466 g/mol. The molecule has 0 saturated heterocycles. The molecular formula is C31H20BrN. The van der Waals surface area contributed by atoms with E-state index in [1.807, 2.05) is 0 Å². The standard InChI is InChI=1S/C31H20BrN/c32-22-15-17-30-26(19-22)25-18-21(14-16-29(25)33-30)31(20-8-2-1-3-9-20)27-12-6-4-10-23(27)24-11-5-7-13-28(24)31/h1-19,33H. The van der Waals surface area contributed by atoms with Crippen LogP contribution in [0.5, 0.6) is 0 Å². The lowest BCUT2D eigenvalue weighted by molar-refractivity contribution is 0.770. The van der Waals surface area contributed by atoms with Crippen LogP contribution in [0.3, 0.4) is 0 Å². The number of hydrogen-bond donors (Lipinski definition) is 1.